The number of rotatable bonds is 7. The van der Waals surface area contributed by atoms with Gasteiger partial charge in [-0.25, -0.2) is 10.1 Å². The highest BCUT2D eigenvalue weighted by Gasteiger charge is 2.16. The Morgan fingerprint density at radius 3 is 2.68 bits per heavy atom. The molecule has 0 bridgehead atoms. The number of hydrogen-bond acceptors (Lipinski definition) is 4. The van der Waals surface area contributed by atoms with Crippen molar-refractivity contribution in [2.75, 3.05) is 0 Å². The van der Waals surface area contributed by atoms with Crippen molar-refractivity contribution in [1.82, 2.24) is 20.2 Å². The van der Waals surface area contributed by atoms with Crippen molar-refractivity contribution in [3.63, 3.8) is 0 Å². The van der Waals surface area contributed by atoms with Crippen LogP contribution in [-0.2, 0) is 6.54 Å². The van der Waals surface area contributed by atoms with Gasteiger partial charge in [-0.2, -0.15) is 10.2 Å². The van der Waals surface area contributed by atoms with Gasteiger partial charge in [-0.15, -0.1) is 0 Å². The van der Waals surface area contributed by atoms with Gasteiger partial charge in [-0.05, 0) is 32.4 Å². The van der Waals surface area contributed by atoms with Gasteiger partial charge in [-0.1, -0.05) is 38.0 Å². The van der Waals surface area contributed by atoms with Crippen molar-refractivity contribution in [1.29, 1.82) is 0 Å². The van der Waals surface area contributed by atoms with Crippen LogP contribution in [0.5, 0.6) is 0 Å². The van der Waals surface area contributed by atoms with E-state index in [1.807, 2.05) is 19.9 Å². The molecule has 0 fully saturated rings. The van der Waals surface area contributed by atoms with Crippen LogP contribution in [0, 0.1) is 13.8 Å². The first-order valence-electron chi connectivity index (χ1n) is 9.50. The van der Waals surface area contributed by atoms with E-state index in [9.17, 15) is 9.59 Å². The van der Waals surface area contributed by atoms with Crippen molar-refractivity contribution < 1.29 is 4.79 Å². The number of hydrogen-bond donors (Lipinski definition) is 2. The highest BCUT2D eigenvalue weighted by Crippen LogP contribution is 2.14. The van der Waals surface area contributed by atoms with Crippen molar-refractivity contribution in [3.8, 4) is 0 Å². The lowest BCUT2D eigenvalue weighted by Crippen LogP contribution is -2.29. The lowest BCUT2D eigenvalue weighted by molar-refractivity contribution is 0.0949. The number of aromatic amines is 1. The van der Waals surface area contributed by atoms with Crippen LogP contribution >= 0.6 is 0 Å². The monoisotopic (exact) mass is 379 g/mol. The molecule has 0 aliphatic heterocycles. The van der Waals surface area contributed by atoms with Crippen molar-refractivity contribution in [2.24, 2.45) is 5.10 Å². The smallest absolute Gasteiger partial charge is 0.292 e. The Kier molecular flexibility index (Phi) is 6.03. The SMILES string of the molecule is CCCCCn1nc(C(=O)N/N=C/c2cc(C)[nH]c2C)c2ccccc2c1=O. The van der Waals surface area contributed by atoms with Crippen LogP contribution in [0.3, 0.4) is 0 Å². The average Bonchev–Trinajstić information content (AvgIpc) is 3.01. The first kappa shape index (κ1) is 19.5. The highest BCUT2D eigenvalue weighted by atomic mass is 16.2. The molecule has 3 rings (SSSR count). The normalized spacial score (nSPS) is 11.4. The Labute approximate surface area is 163 Å². The van der Waals surface area contributed by atoms with Gasteiger partial charge < -0.3 is 4.98 Å². The van der Waals surface area contributed by atoms with Crippen LogP contribution in [-0.4, -0.2) is 26.9 Å². The van der Waals surface area contributed by atoms with Crippen LogP contribution in [0.15, 0.2) is 40.2 Å². The molecule has 1 amide bonds. The zero-order valence-electron chi connectivity index (χ0n) is 16.5. The molecule has 7 heteroatoms. The number of unbranched alkanes of at least 4 members (excludes halogenated alkanes) is 2. The van der Waals surface area contributed by atoms with E-state index in [1.54, 1.807) is 30.5 Å². The summed E-state index contributed by atoms with van der Waals surface area (Å²) in [5.41, 5.74) is 5.46. The maximum absolute atomic E-state index is 12.7. The standard InChI is InChI=1S/C21H25N5O2/c1-4-5-8-11-26-21(28)18-10-7-6-9-17(18)19(25-26)20(27)24-22-13-16-12-14(2)23-15(16)3/h6-7,9-10,12-13,23H,4-5,8,11H2,1-3H3,(H,24,27)/b22-13+. The molecule has 3 aromatic rings. The number of nitrogens with one attached hydrogen (secondary N) is 2. The van der Waals surface area contributed by atoms with Crippen LogP contribution in [0.25, 0.3) is 10.8 Å². The summed E-state index contributed by atoms with van der Waals surface area (Å²) in [6.45, 7) is 6.49. The van der Waals surface area contributed by atoms with E-state index in [4.69, 9.17) is 0 Å². The Hall–Kier alpha value is -3.22. The summed E-state index contributed by atoms with van der Waals surface area (Å²) in [7, 11) is 0. The summed E-state index contributed by atoms with van der Waals surface area (Å²) in [4.78, 5) is 28.6. The summed E-state index contributed by atoms with van der Waals surface area (Å²) >= 11 is 0. The van der Waals surface area contributed by atoms with Gasteiger partial charge >= 0.3 is 0 Å². The first-order chi connectivity index (χ1) is 13.5. The van der Waals surface area contributed by atoms with E-state index >= 15 is 0 Å². The van der Waals surface area contributed by atoms with Gasteiger partial charge in [0.15, 0.2) is 5.69 Å². The van der Waals surface area contributed by atoms with Gasteiger partial charge in [0.2, 0.25) is 0 Å². The molecule has 2 heterocycles. The van der Waals surface area contributed by atoms with Crippen LogP contribution in [0.4, 0.5) is 0 Å². The molecule has 0 saturated carbocycles. The second-order valence-electron chi connectivity index (χ2n) is 6.86. The van der Waals surface area contributed by atoms with Crippen LogP contribution in [0.2, 0.25) is 0 Å². The summed E-state index contributed by atoms with van der Waals surface area (Å²) in [6, 6.07) is 8.99. The van der Waals surface area contributed by atoms with Crippen molar-refractivity contribution in [3.05, 3.63) is 63.3 Å². The first-order valence-corrected chi connectivity index (χ1v) is 9.50. The van der Waals surface area contributed by atoms with Gasteiger partial charge in [0, 0.05) is 28.9 Å². The molecule has 2 aromatic heterocycles. The van der Waals surface area contributed by atoms with Crippen molar-refractivity contribution in [2.45, 2.75) is 46.6 Å². The summed E-state index contributed by atoms with van der Waals surface area (Å²) in [5.74, 6) is -0.443. The molecule has 0 aliphatic carbocycles. The van der Waals surface area contributed by atoms with Gasteiger partial charge in [0.25, 0.3) is 11.5 Å². The molecule has 0 saturated heterocycles. The topological polar surface area (TPSA) is 92.1 Å². The molecule has 0 radical (unpaired) electrons. The van der Waals surface area contributed by atoms with Crippen molar-refractivity contribution >= 4 is 22.9 Å². The zero-order chi connectivity index (χ0) is 20.1. The third-order valence-corrected chi connectivity index (χ3v) is 4.62. The minimum absolute atomic E-state index is 0.176. The Morgan fingerprint density at radius 2 is 2.00 bits per heavy atom. The fourth-order valence-electron chi connectivity index (χ4n) is 3.16. The molecule has 0 unspecified atom stereocenters. The van der Waals surface area contributed by atoms with E-state index in [0.717, 1.165) is 36.2 Å². The number of hydrazone groups is 1. The van der Waals surface area contributed by atoms with Gasteiger partial charge in [-0.3, -0.25) is 9.59 Å². The molecule has 2 N–H and O–H groups in total. The minimum atomic E-state index is -0.443. The van der Waals surface area contributed by atoms with Crippen LogP contribution in [0.1, 0.15) is 53.6 Å². The number of fused-ring (bicyclic) bond motifs is 1. The Bertz CT molecular complexity index is 1080. The number of aromatic nitrogens is 3. The third-order valence-electron chi connectivity index (χ3n) is 4.62. The molecule has 0 atom stereocenters. The molecule has 0 aliphatic rings. The maximum Gasteiger partial charge on any atom is 0.292 e. The highest BCUT2D eigenvalue weighted by molar-refractivity contribution is 6.05. The number of carbonyl (C=O) groups is 1. The largest absolute Gasteiger partial charge is 0.362 e. The average molecular weight is 379 g/mol. The molecule has 146 valence electrons. The number of benzene rings is 1. The summed E-state index contributed by atoms with van der Waals surface area (Å²) in [5, 5.41) is 9.40. The number of carbonyl (C=O) groups excluding carboxylic acids is 1. The molecule has 0 spiro atoms. The maximum atomic E-state index is 12.7. The van der Waals surface area contributed by atoms with Gasteiger partial charge in [0.05, 0.1) is 11.6 Å². The number of nitrogens with zero attached hydrogens (tertiary/aromatic N) is 3. The fraction of sp³-hybridized carbons (Fsp3) is 0.333. The fourth-order valence-corrected chi connectivity index (χ4v) is 3.16. The summed E-state index contributed by atoms with van der Waals surface area (Å²) < 4.78 is 1.39. The lowest BCUT2D eigenvalue weighted by atomic mass is 10.1. The quantitative estimate of drug-likeness (QED) is 0.375. The molecular formula is C21H25N5O2. The zero-order valence-corrected chi connectivity index (χ0v) is 16.5. The molecule has 28 heavy (non-hydrogen) atoms. The molecule has 7 nitrogen and oxygen atoms in total. The number of H-pyrrole nitrogens is 1. The minimum Gasteiger partial charge on any atom is -0.362 e. The van der Waals surface area contributed by atoms with E-state index < -0.39 is 5.91 Å². The third kappa shape index (κ3) is 4.19. The van der Waals surface area contributed by atoms with Crippen LogP contribution < -0.4 is 11.0 Å². The number of aryl methyl sites for hydroxylation is 3. The molecule has 1 aromatic carbocycles. The van der Waals surface area contributed by atoms with E-state index in [0.29, 0.717) is 17.3 Å². The van der Waals surface area contributed by atoms with E-state index in [1.165, 1.54) is 4.68 Å². The molecular weight excluding hydrogens is 354 g/mol. The Morgan fingerprint density at radius 1 is 1.25 bits per heavy atom. The second-order valence-corrected chi connectivity index (χ2v) is 6.86. The predicted octanol–water partition coefficient (Wildman–Crippen LogP) is 3.30. The summed E-state index contributed by atoms with van der Waals surface area (Å²) in [6.07, 6.45) is 4.48. The second kappa shape index (κ2) is 8.65. The van der Waals surface area contributed by atoms with Gasteiger partial charge in [0.1, 0.15) is 0 Å². The lowest BCUT2D eigenvalue weighted by Gasteiger charge is -2.10. The number of amides is 1. The Balaban J connectivity index is 1.89. The van der Waals surface area contributed by atoms with E-state index in [-0.39, 0.29) is 11.3 Å². The predicted molar refractivity (Wildman–Crippen MR) is 111 cm³/mol. The van der Waals surface area contributed by atoms with E-state index in [2.05, 4.69) is 27.5 Å².